The Morgan fingerprint density at radius 3 is 2.29 bits per heavy atom. The lowest BCUT2D eigenvalue weighted by molar-refractivity contribution is -0.159. The molecule has 0 aliphatic carbocycles. The molecule has 2 aromatic carbocycles. The van der Waals surface area contributed by atoms with E-state index in [2.05, 4.69) is 28.2 Å². The van der Waals surface area contributed by atoms with Crippen molar-refractivity contribution in [3.63, 3.8) is 0 Å². The Morgan fingerprint density at radius 2 is 1.71 bits per heavy atom. The molecule has 1 aromatic heterocycles. The van der Waals surface area contributed by atoms with Crippen LogP contribution in [0.3, 0.4) is 0 Å². The maximum absolute atomic E-state index is 11.0. The van der Waals surface area contributed by atoms with Crippen LogP contribution in [0.2, 0.25) is 0 Å². The Hall–Kier alpha value is -3.36. The third-order valence-corrected chi connectivity index (χ3v) is 5.55. The summed E-state index contributed by atoms with van der Waals surface area (Å²) < 4.78 is 5.35. The first-order chi connectivity index (χ1) is 14.8. The predicted octanol–water partition coefficient (Wildman–Crippen LogP) is 2.82. The summed E-state index contributed by atoms with van der Waals surface area (Å²) in [6, 6.07) is 16.2. The van der Waals surface area contributed by atoms with Gasteiger partial charge in [0.1, 0.15) is 5.75 Å². The molecule has 8 nitrogen and oxygen atoms in total. The molecule has 2 heterocycles. The summed E-state index contributed by atoms with van der Waals surface area (Å²) in [5.74, 6) is -2.77. The number of carboxylic acid groups (broad SMARTS) is 2. The van der Waals surface area contributed by atoms with Crippen molar-refractivity contribution in [3.8, 4) is 5.75 Å². The molecule has 31 heavy (non-hydrogen) atoms. The average molecular weight is 426 g/mol. The number of benzene rings is 2. The van der Waals surface area contributed by atoms with E-state index in [-0.39, 0.29) is 0 Å². The minimum Gasteiger partial charge on any atom is -0.497 e. The smallest absolute Gasteiger partial charge is 0.414 e. The molecule has 4 rings (SSSR count). The number of aromatic amines is 1. The molecule has 0 radical (unpaired) electrons. The monoisotopic (exact) mass is 426 g/mol. The summed E-state index contributed by atoms with van der Waals surface area (Å²) in [6.07, 6.45) is 3.62. The standard InChI is InChI=1S/C21H24N2O2.C2H2O4/c1-25-18-7-8-20-19(13-18)16(14-22-20)15-23-11-9-21(24,10-12-23)17-5-3-2-4-6-17;3-1(4)2(5)6/h2-8,13-14,22,24H,9-12,15H2,1H3;(H,3,4)(H,5,6). The largest absolute Gasteiger partial charge is 0.497 e. The minimum atomic E-state index is -1.82. The molecular formula is C23H26N2O6. The van der Waals surface area contributed by atoms with Crippen molar-refractivity contribution >= 4 is 22.8 Å². The number of ether oxygens (including phenoxy) is 1. The lowest BCUT2D eigenvalue weighted by atomic mass is 9.84. The van der Waals surface area contributed by atoms with E-state index in [9.17, 15) is 5.11 Å². The number of aromatic nitrogens is 1. The van der Waals surface area contributed by atoms with Crippen molar-refractivity contribution in [2.75, 3.05) is 20.2 Å². The Labute approximate surface area is 179 Å². The lowest BCUT2D eigenvalue weighted by Crippen LogP contribution is -2.42. The fourth-order valence-electron chi connectivity index (χ4n) is 3.77. The highest BCUT2D eigenvalue weighted by Gasteiger charge is 2.33. The van der Waals surface area contributed by atoms with Crippen molar-refractivity contribution in [2.24, 2.45) is 0 Å². The molecule has 1 fully saturated rings. The van der Waals surface area contributed by atoms with E-state index in [0.29, 0.717) is 0 Å². The molecule has 1 saturated heterocycles. The van der Waals surface area contributed by atoms with Crippen LogP contribution in [0.4, 0.5) is 0 Å². The van der Waals surface area contributed by atoms with Crippen molar-refractivity contribution in [1.29, 1.82) is 0 Å². The number of nitrogens with one attached hydrogen (secondary N) is 1. The SMILES string of the molecule is COc1ccc2[nH]cc(CN3CCC(O)(c4ccccc4)CC3)c2c1.O=C(O)C(=O)O. The van der Waals surface area contributed by atoms with E-state index in [1.54, 1.807) is 7.11 Å². The van der Waals surface area contributed by atoms with Gasteiger partial charge in [0.05, 0.1) is 12.7 Å². The fraction of sp³-hybridized carbons (Fsp3) is 0.304. The number of nitrogens with zero attached hydrogens (tertiary/aromatic N) is 1. The number of aliphatic carboxylic acids is 2. The van der Waals surface area contributed by atoms with Crippen LogP contribution in [0.1, 0.15) is 24.0 Å². The third-order valence-electron chi connectivity index (χ3n) is 5.55. The highest BCUT2D eigenvalue weighted by molar-refractivity contribution is 6.27. The van der Waals surface area contributed by atoms with Crippen LogP contribution < -0.4 is 4.74 Å². The van der Waals surface area contributed by atoms with Crippen LogP contribution in [-0.2, 0) is 21.7 Å². The van der Waals surface area contributed by atoms with Crippen molar-refractivity contribution in [2.45, 2.75) is 25.0 Å². The number of piperidine rings is 1. The molecule has 1 aliphatic rings. The Balaban J connectivity index is 0.000000401. The first-order valence-corrected chi connectivity index (χ1v) is 9.93. The van der Waals surface area contributed by atoms with E-state index in [4.69, 9.17) is 24.5 Å². The average Bonchev–Trinajstić information content (AvgIpc) is 3.18. The number of fused-ring (bicyclic) bond motifs is 1. The zero-order valence-corrected chi connectivity index (χ0v) is 17.2. The van der Waals surface area contributed by atoms with Gasteiger partial charge in [0.15, 0.2) is 0 Å². The lowest BCUT2D eigenvalue weighted by Gasteiger charge is -2.38. The van der Waals surface area contributed by atoms with Crippen molar-refractivity contribution < 1.29 is 29.6 Å². The second kappa shape index (κ2) is 9.63. The van der Waals surface area contributed by atoms with E-state index in [1.165, 1.54) is 10.9 Å². The normalized spacial score (nSPS) is 15.7. The maximum atomic E-state index is 11.0. The van der Waals surface area contributed by atoms with E-state index >= 15 is 0 Å². The van der Waals surface area contributed by atoms with E-state index < -0.39 is 17.5 Å². The molecule has 3 aromatic rings. The van der Waals surface area contributed by atoms with Gasteiger partial charge in [-0.1, -0.05) is 30.3 Å². The highest BCUT2D eigenvalue weighted by Crippen LogP contribution is 2.33. The molecule has 0 spiro atoms. The number of carboxylic acids is 2. The van der Waals surface area contributed by atoms with Gasteiger partial charge < -0.3 is 25.0 Å². The zero-order chi connectivity index (χ0) is 22.4. The van der Waals surface area contributed by atoms with Crippen molar-refractivity contribution in [3.05, 3.63) is 65.9 Å². The number of H-pyrrole nitrogens is 1. The van der Waals surface area contributed by atoms with Gasteiger partial charge in [-0.15, -0.1) is 0 Å². The number of rotatable bonds is 4. The predicted molar refractivity (Wildman–Crippen MR) is 115 cm³/mol. The first-order valence-electron chi connectivity index (χ1n) is 9.93. The number of methoxy groups -OCH3 is 1. The van der Waals surface area contributed by atoms with Gasteiger partial charge in [-0.2, -0.15) is 0 Å². The van der Waals surface area contributed by atoms with Crippen LogP contribution >= 0.6 is 0 Å². The van der Waals surface area contributed by atoms with Gasteiger partial charge in [0.2, 0.25) is 0 Å². The van der Waals surface area contributed by atoms with E-state index in [1.807, 2.05) is 36.4 Å². The number of carbonyl (C=O) groups is 2. The second-order valence-corrected chi connectivity index (χ2v) is 7.51. The van der Waals surface area contributed by atoms with Gasteiger partial charge in [-0.25, -0.2) is 9.59 Å². The van der Waals surface area contributed by atoms with Crippen LogP contribution in [0, 0.1) is 0 Å². The molecule has 0 amide bonds. The quantitative estimate of drug-likeness (QED) is 0.473. The number of hydrogen-bond donors (Lipinski definition) is 4. The summed E-state index contributed by atoms with van der Waals surface area (Å²) >= 11 is 0. The van der Waals surface area contributed by atoms with Gasteiger partial charge in [0, 0.05) is 36.7 Å². The van der Waals surface area contributed by atoms with Gasteiger partial charge in [-0.05, 0) is 42.2 Å². The van der Waals surface area contributed by atoms with Gasteiger partial charge in [0.25, 0.3) is 0 Å². The molecule has 4 N–H and O–H groups in total. The zero-order valence-electron chi connectivity index (χ0n) is 17.2. The Bertz CT molecular complexity index is 1030. The molecule has 0 unspecified atom stereocenters. The Morgan fingerprint density at radius 1 is 1.06 bits per heavy atom. The van der Waals surface area contributed by atoms with Gasteiger partial charge in [-0.3, -0.25) is 4.90 Å². The Kier molecular flexibility index (Phi) is 6.94. The summed E-state index contributed by atoms with van der Waals surface area (Å²) in [5.41, 5.74) is 2.75. The van der Waals surface area contributed by atoms with Crippen LogP contribution in [0.15, 0.2) is 54.7 Å². The maximum Gasteiger partial charge on any atom is 0.414 e. The highest BCUT2D eigenvalue weighted by atomic mass is 16.5. The molecule has 0 saturated carbocycles. The summed E-state index contributed by atoms with van der Waals surface area (Å²) in [6.45, 7) is 2.67. The van der Waals surface area contributed by atoms with Crippen LogP contribution in [0.25, 0.3) is 10.9 Å². The van der Waals surface area contributed by atoms with Crippen molar-refractivity contribution in [1.82, 2.24) is 9.88 Å². The minimum absolute atomic E-state index is 0.693. The first kappa shape index (κ1) is 22.3. The molecule has 1 aliphatic heterocycles. The molecule has 164 valence electrons. The fourth-order valence-corrected chi connectivity index (χ4v) is 3.77. The van der Waals surface area contributed by atoms with Gasteiger partial charge >= 0.3 is 11.9 Å². The van der Waals surface area contributed by atoms with E-state index in [0.717, 1.165) is 49.3 Å². The third kappa shape index (κ3) is 5.42. The second-order valence-electron chi connectivity index (χ2n) is 7.51. The molecular weight excluding hydrogens is 400 g/mol. The molecule has 0 bridgehead atoms. The number of likely N-dealkylation sites (tertiary alicyclic amines) is 1. The summed E-state index contributed by atoms with van der Waals surface area (Å²) in [5, 5.41) is 27.0. The number of hydrogen-bond acceptors (Lipinski definition) is 5. The van der Waals surface area contributed by atoms with Crippen LogP contribution in [-0.4, -0.2) is 57.3 Å². The topological polar surface area (TPSA) is 123 Å². The summed E-state index contributed by atoms with van der Waals surface area (Å²) in [4.78, 5) is 24.0. The molecule has 0 atom stereocenters. The molecule has 8 heteroatoms. The summed E-state index contributed by atoms with van der Waals surface area (Å²) in [7, 11) is 1.70. The number of aliphatic hydroxyl groups is 1. The van der Waals surface area contributed by atoms with Crippen LogP contribution in [0.5, 0.6) is 5.75 Å².